The molecule has 1 fully saturated rings. The highest BCUT2D eigenvalue weighted by Gasteiger charge is 2.35. The number of rotatable bonds is 15. The molecule has 0 spiro atoms. The van der Waals surface area contributed by atoms with Gasteiger partial charge in [0.25, 0.3) is 0 Å². The van der Waals surface area contributed by atoms with E-state index in [-0.39, 0.29) is 16.3 Å². The molecule has 1 N–H and O–H groups in total. The molecule has 2 rings (SSSR count). The molecule has 2 atom stereocenters. The Morgan fingerprint density at radius 2 is 1.86 bits per heavy atom. The zero-order chi connectivity index (χ0) is 20.8. The fourth-order valence-corrected chi connectivity index (χ4v) is 7.47. The van der Waals surface area contributed by atoms with Crippen molar-refractivity contribution in [1.29, 1.82) is 0 Å². The van der Waals surface area contributed by atoms with Gasteiger partial charge in [-0.15, -0.1) is 30.1 Å². The van der Waals surface area contributed by atoms with Crippen LogP contribution in [0.25, 0.3) is 0 Å². The number of hydrogen-bond acceptors (Lipinski definition) is 4. The van der Waals surface area contributed by atoms with Crippen molar-refractivity contribution < 1.29 is 9.84 Å². The molecule has 1 aliphatic rings. The van der Waals surface area contributed by atoms with Crippen molar-refractivity contribution in [3.63, 3.8) is 0 Å². The van der Waals surface area contributed by atoms with E-state index in [2.05, 4.69) is 49.2 Å². The fraction of sp³-hybridized carbons (Fsp3) is 0.680. The van der Waals surface area contributed by atoms with Gasteiger partial charge in [-0.1, -0.05) is 75.4 Å². The second-order valence-corrected chi connectivity index (χ2v) is 11.4. The molecule has 29 heavy (non-hydrogen) atoms. The van der Waals surface area contributed by atoms with E-state index in [9.17, 15) is 5.11 Å². The number of ether oxygens (including phenoxy) is 1. The summed E-state index contributed by atoms with van der Waals surface area (Å²) in [5, 5.41) is 11.0. The van der Waals surface area contributed by atoms with Crippen LogP contribution in [0.15, 0.2) is 43.0 Å². The highest BCUT2D eigenvalue weighted by atomic mass is 32.2. The predicted molar refractivity (Wildman–Crippen MR) is 131 cm³/mol. The Morgan fingerprint density at radius 3 is 2.55 bits per heavy atom. The van der Waals surface area contributed by atoms with Crippen LogP contribution >= 0.6 is 23.5 Å². The molecule has 1 heterocycles. The van der Waals surface area contributed by atoms with Gasteiger partial charge < -0.3 is 9.84 Å². The molecule has 1 aromatic carbocycles. The van der Waals surface area contributed by atoms with E-state index in [1.165, 1.54) is 62.0 Å². The first kappa shape index (κ1) is 24.8. The van der Waals surface area contributed by atoms with E-state index < -0.39 is 0 Å². The van der Waals surface area contributed by atoms with E-state index in [1.54, 1.807) is 0 Å². The minimum Gasteiger partial charge on any atom is -0.393 e. The average Bonchev–Trinajstić information content (AvgIpc) is 2.73. The maximum Gasteiger partial charge on any atom is 0.0720 e. The summed E-state index contributed by atoms with van der Waals surface area (Å²) in [4.78, 5) is 0. The highest BCUT2D eigenvalue weighted by molar-refractivity contribution is 8.18. The summed E-state index contributed by atoms with van der Waals surface area (Å²) in [7, 11) is 0. The molecule has 1 aromatic rings. The first-order chi connectivity index (χ1) is 14.2. The molecule has 1 aliphatic heterocycles. The Hall–Kier alpha value is -0.420. The fourth-order valence-electron chi connectivity index (χ4n) is 3.93. The number of unbranched alkanes of at least 4 members (excludes halogenated alkanes) is 4. The van der Waals surface area contributed by atoms with Crippen molar-refractivity contribution in [1.82, 2.24) is 0 Å². The molecule has 0 aliphatic carbocycles. The van der Waals surface area contributed by atoms with Gasteiger partial charge in [0, 0.05) is 0 Å². The Labute approximate surface area is 187 Å². The first-order valence-corrected chi connectivity index (χ1v) is 13.4. The maximum atomic E-state index is 11.0. The van der Waals surface area contributed by atoms with E-state index in [0.717, 1.165) is 12.8 Å². The predicted octanol–water partition coefficient (Wildman–Crippen LogP) is 7.22. The lowest BCUT2D eigenvalue weighted by Crippen LogP contribution is -2.32. The summed E-state index contributed by atoms with van der Waals surface area (Å²) in [5.41, 5.74) is 1.18. The van der Waals surface area contributed by atoms with Crippen molar-refractivity contribution in [2.45, 2.75) is 94.0 Å². The van der Waals surface area contributed by atoms with Crippen LogP contribution in [0.1, 0.15) is 76.7 Å². The molecule has 1 saturated heterocycles. The van der Waals surface area contributed by atoms with Gasteiger partial charge in [-0.2, -0.15) is 0 Å². The van der Waals surface area contributed by atoms with Gasteiger partial charge >= 0.3 is 0 Å². The van der Waals surface area contributed by atoms with Crippen molar-refractivity contribution in [3.05, 3.63) is 48.6 Å². The molecular weight excluding hydrogens is 396 g/mol. The third kappa shape index (κ3) is 9.95. The molecule has 0 unspecified atom stereocenters. The standard InChI is InChI=1S/C25H40O2S2/c1-3-5-6-7-11-16-25(28-17-12-18-29-25)20-23(26)19-24(13-4-2)27-21-22-14-9-8-10-15-22/h4,8-10,14-15,23-24,26H,2-3,5-7,11-13,16-21H2,1H3/t23-,24-/m0/s1. The van der Waals surface area contributed by atoms with Gasteiger partial charge in [0.15, 0.2) is 0 Å². The monoisotopic (exact) mass is 436 g/mol. The van der Waals surface area contributed by atoms with Crippen molar-refractivity contribution in [2.24, 2.45) is 0 Å². The third-order valence-corrected chi connectivity index (χ3v) is 9.01. The molecule has 2 nitrogen and oxygen atoms in total. The highest BCUT2D eigenvalue weighted by Crippen LogP contribution is 2.49. The number of aliphatic hydroxyl groups is 1. The Bertz CT molecular complexity index is 543. The van der Waals surface area contributed by atoms with E-state index in [1.807, 2.05) is 24.3 Å². The van der Waals surface area contributed by atoms with Gasteiger partial charge in [-0.05, 0) is 49.2 Å². The quantitative estimate of drug-likeness (QED) is 0.232. The van der Waals surface area contributed by atoms with Gasteiger partial charge in [-0.3, -0.25) is 0 Å². The number of aliphatic hydroxyl groups excluding tert-OH is 1. The van der Waals surface area contributed by atoms with Crippen LogP contribution in [0.2, 0.25) is 0 Å². The lowest BCUT2D eigenvalue weighted by atomic mass is 10.0. The van der Waals surface area contributed by atoms with Crippen molar-refractivity contribution in [3.8, 4) is 0 Å². The molecule has 0 saturated carbocycles. The zero-order valence-electron chi connectivity index (χ0n) is 18.2. The van der Waals surface area contributed by atoms with Crippen molar-refractivity contribution in [2.75, 3.05) is 11.5 Å². The lowest BCUT2D eigenvalue weighted by Gasteiger charge is -2.38. The summed E-state index contributed by atoms with van der Waals surface area (Å²) in [6, 6.07) is 10.3. The van der Waals surface area contributed by atoms with Crippen LogP contribution < -0.4 is 0 Å². The van der Waals surface area contributed by atoms with Gasteiger partial charge in [0.2, 0.25) is 0 Å². The average molecular weight is 437 g/mol. The summed E-state index contributed by atoms with van der Waals surface area (Å²) in [6.07, 6.45) is 13.1. The van der Waals surface area contributed by atoms with E-state index in [0.29, 0.717) is 13.0 Å². The molecular formula is C25H40O2S2. The van der Waals surface area contributed by atoms with E-state index >= 15 is 0 Å². The molecule has 4 heteroatoms. The molecule has 0 radical (unpaired) electrons. The van der Waals surface area contributed by atoms with Crippen LogP contribution in [0.3, 0.4) is 0 Å². The number of thioether (sulfide) groups is 2. The van der Waals surface area contributed by atoms with Crippen LogP contribution in [0, 0.1) is 0 Å². The second kappa shape index (κ2) is 14.6. The molecule has 0 amide bonds. The van der Waals surface area contributed by atoms with Crippen LogP contribution in [-0.4, -0.2) is 32.9 Å². The number of benzene rings is 1. The minimum absolute atomic E-state index is 0.0305. The summed E-state index contributed by atoms with van der Waals surface area (Å²) in [5.74, 6) is 2.46. The van der Waals surface area contributed by atoms with E-state index in [4.69, 9.17) is 4.74 Å². The van der Waals surface area contributed by atoms with Crippen LogP contribution in [0.5, 0.6) is 0 Å². The maximum absolute atomic E-state index is 11.0. The molecule has 164 valence electrons. The summed E-state index contributed by atoms with van der Waals surface area (Å²) in [6.45, 7) is 6.75. The molecule has 0 bridgehead atoms. The zero-order valence-corrected chi connectivity index (χ0v) is 19.8. The van der Waals surface area contributed by atoms with Crippen LogP contribution in [0.4, 0.5) is 0 Å². The minimum atomic E-state index is -0.315. The van der Waals surface area contributed by atoms with Crippen LogP contribution in [-0.2, 0) is 11.3 Å². The summed E-state index contributed by atoms with van der Waals surface area (Å²) >= 11 is 4.19. The third-order valence-electron chi connectivity index (χ3n) is 5.52. The lowest BCUT2D eigenvalue weighted by molar-refractivity contribution is 0.00327. The summed E-state index contributed by atoms with van der Waals surface area (Å²) < 4.78 is 6.34. The Balaban J connectivity index is 1.84. The van der Waals surface area contributed by atoms with Gasteiger partial charge in [0.1, 0.15) is 0 Å². The van der Waals surface area contributed by atoms with Gasteiger partial charge in [0.05, 0.1) is 22.9 Å². The Morgan fingerprint density at radius 1 is 1.14 bits per heavy atom. The Kier molecular flexibility index (Phi) is 12.5. The molecule has 0 aromatic heterocycles. The normalized spacial score (nSPS) is 18.3. The topological polar surface area (TPSA) is 29.5 Å². The van der Waals surface area contributed by atoms with Crippen molar-refractivity contribution >= 4 is 23.5 Å². The SMILES string of the molecule is C=CC[C@@H](C[C@H](O)CC1(CCCCCCC)SCCCS1)OCc1ccccc1. The smallest absolute Gasteiger partial charge is 0.0720 e. The largest absolute Gasteiger partial charge is 0.393 e. The number of hydrogen-bond donors (Lipinski definition) is 1. The first-order valence-electron chi connectivity index (χ1n) is 11.4. The van der Waals surface area contributed by atoms with Gasteiger partial charge in [-0.25, -0.2) is 0 Å². The second-order valence-electron chi connectivity index (χ2n) is 8.16.